The van der Waals surface area contributed by atoms with Gasteiger partial charge in [-0.25, -0.2) is 0 Å². The molecule has 0 heterocycles. The van der Waals surface area contributed by atoms with Gasteiger partial charge in [-0.2, -0.15) is 0 Å². The molecule has 3 nitrogen and oxygen atoms in total. The molecule has 0 atom stereocenters. The molecule has 0 bridgehead atoms. The Hall–Kier alpha value is -1.06. The number of amides is 1. The molecule has 0 aromatic heterocycles. The zero-order chi connectivity index (χ0) is 8.97. The molecule has 64 valence electrons. The van der Waals surface area contributed by atoms with E-state index in [1.807, 2.05) is 0 Å². The number of carbonyl (C=O) groups is 1. The van der Waals surface area contributed by atoms with E-state index in [0.29, 0.717) is 10.7 Å². The minimum Gasteiger partial charge on any atom is -0.325 e. The lowest BCUT2D eigenvalue weighted by molar-refractivity contribution is -0.114. The highest BCUT2D eigenvalue weighted by Crippen LogP contribution is 2.12. The summed E-state index contributed by atoms with van der Waals surface area (Å²) in [7, 11) is 0. The van der Waals surface area contributed by atoms with E-state index >= 15 is 0 Å². The van der Waals surface area contributed by atoms with E-state index in [1.165, 1.54) is 0 Å². The highest BCUT2D eigenvalue weighted by atomic mass is 35.5. The van der Waals surface area contributed by atoms with E-state index in [4.69, 9.17) is 17.3 Å². The average Bonchev–Trinajstić information content (AvgIpc) is 2.09. The number of benzene rings is 1. The standard InChI is InChI=1S/C8H9ClN2O/c9-6-1-3-7(4-2-6)11-8(12)5-10/h1-4H,5,10H2,(H,11,12). The Morgan fingerprint density at radius 2 is 2.00 bits per heavy atom. The van der Waals surface area contributed by atoms with Crippen LogP contribution in [0.3, 0.4) is 0 Å². The molecule has 4 heteroatoms. The Kier molecular flexibility index (Phi) is 3.08. The van der Waals surface area contributed by atoms with E-state index in [2.05, 4.69) is 5.32 Å². The molecule has 0 aliphatic rings. The molecule has 1 aromatic rings. The minimum absolute atomic E-state index is 0.0113. The zero-order valence-electron chi connectivity index (χ0n) is 6.38. The number of rotatable bonds is 2. The normalized spacial score (nSPS) is 9.50. The summed E-state index contributed by atoms with van der Waals surface area (Å²) in [6.45, 7) is -0.0113. The SMILES string of the molecule is NCC(=O)Nc1ccc(Cl)cc1. The average molecular weight is 185 g/mol. The van der Waals surface area contributed by atoms with Gasteiger partial charge in [0.1, 0.15) is 0 Å². The predicted molar refractivity (Wildman–Crippen MR) is 49.1 cm³/mol. The van der Waals surface area contributed by atoms with Crippen LogP contribution in [0.25, 0.3) is 0 Å². The van der Waals surface area contributed by atoms with Crippen LogP contribution in [0.5, 0.6) is 0 Å². The molecule has 0 saturated carbocycles. The number of hydrogen-bond acceptors (Lipinski definition) is 2. The molecule has 3 N–H and O–H groups in total. The summed E-state index contributed by atoms with van der Waals surface area (Å²) in [4.78, 5) is 10.8. The van der Waals surface area contributed by atoms with Crippen molar-refractivity contribution in [3.8, 4) is 0 Å². The number of carbonyl (C=O) groups excluding carboxylic acids is 1. The molecule has 0 aliphatic carbocycles. The van der Waals surface area contributed by atoms with Gasteiger partial charge in [0.2, 0.25) is 5.91 Å². The molecule has 12 heavy (non-hydrogen) atoms. The molecule has 1 aromatic carbocycles. The van der Waals surface area contributed by atoms with Crippen LogP contribution in [-0.2, 0) is 4.79 Å². The fraction of sp³-hybridized carbons (Fsp3) is 0.125. The number of hydrogen-bond donors (Lipinski definition) is 2. The molecular formula is C8H9ClN2O. The Morgan fingerprint density at radius 3 is 2.50 bits per heavy atom. The first kappa shape index (κ1) is 9.03. The van der Waals surface area contributed by atoms with Crippen LogP contribution in [0.1, 0.15) is 0 Å². The van der Waals surface area contributed by atoms with Gasteiger partial charge in [-0.15, -0.1) is 0 Å². The quantitative estimate of drug-likeness (QED) is 0.727. The third kappa shape index (κ3) is 2.53. The van der Waals surface area contributed by atoms with Gasteiger partial charge in [0, 0.05) is 10.7 Å². The number of anilines is 1. The largest absolute Gasteiger partial charge is 0.325 e. The third-order valence-electron chi connectivity index (χ3n) is 1.31. The van der Waals surface area contributed by atoms with Gasteiger partial charge in [-0.1, -0.05) is 11.6 Å². The maximum absolute atomic E-state index is 10.8. The van der Waals surface area contributed by atoms with E-state index in [1.54, 1.807) is 24.3 Å². The third-order valence-corrected chi connectivity index (χ3v) is 1.57. The minimum atomic E-state index is -0.211. The first-order valence-corrected chi connectivity index (χ1v) is 3.85. The van der Waals surface area contributed by atoms with Crippen molar-refractivity contribution in [2.24, 2.45) is 5.73 Å². The van der Waals surface area contributed by atoms with Gasteiger partial charge >= 0.3 is 0 Å². The van der Waals surface area contributed by atoms with E-state index in [9.17, 15) is 4.79 Å². The zero-order valence-corrected chi connectivity index (χ0v) is 7.14. The maximum Gasteiger partial charge on any atom is 0.238 e. The summed E-state index contributed by atoms with van der Waals surface area (Å²) in [5.41, 5.74) is 5.82. The van der Waals surface area contributed by atoms with Crippen molar-refractivity contribution in [1.82, 2.24) is 0 Å². The number of halogens is 1. The van der Waals surface area contributed by atoms with Crippen LogP contribution in [0.4, 0.5) is 5.69 Å². The molecule has 0 unspecified atom stereocenters. The van der Waals surface area contributed by atoms with Crippen molar-refractivity contribution in [2.75, 3.05) is 11.9 Å². The highest BCUT2D eigenvalue weighted by Gasteiger charge is 1.97. The van der Waals surface area contributed by atoms with Crippen molar-refractivity contribution in [2.45, 2.75) is 0 Å². The Balaban J connectivity index is 2.64. The van der Waals surface area contributed by atoms with E-state index in [-0.39, 0.29) is 12.5 Å². The summed E-state index contributed by atoms with van der Waals surface area (Å²) in [5, 5.41) is 3.24. The second kappa shape index (κ2) is 4.09. The first-order valence-electron chi connectivity index (χ1n) is 3.48. The molecule has 0 aliphatic heterocycles. The molecular weight excluding hydrogens is 176 g/mol. The van der Waals surface area contributed by atoms with Crippen LogP contribution in [0.2, 0.25) is 5.02 Å². The fourth-order valence-corrected chi connectivity index (χ4v) is 0.871. The predicted octanol–water partition coefficient (Wildman–Crippen LogP) is 1.24. The summed E-state index contributed by atoms with van der Waals surface area (Å²) in [6.07, 6.45) is 0. The van der Waals surface area contributed by atoms with Crippen molar-refractivity contribution < 1.29 is 4.79 Å². The molecule has 1 rings (SSSR count). The summed E-state index contributed by atoms with van der Waals surface area (Å²) in [5.74, 6) is -0.211. The van der Waals surface area contributed by atoms with Gasteiger partial charge in [0.05, 0.1) is 6.54 Å². The van der Waals surface area contributed by atoms with E-state index < -0.39 is 0 Å². The lowest BCUT2D eigenvalue weighted by Gasteiger charge is -2.01. The molecule has 0 saturated heterocycles. The first-order chi connectivity index (χ1) is 5.72. The number of nitrogens with one attached hydrogen (secondary N) is 1. The molecule has 0 fully saturated rings. The van der Waals surface area contributed by atoms with Crippen molar-refractivity contribution in [1.29, 1.82) is 0 Å². The van der Waals surface area contributed by atoms with Gasteiger partial charge in [-0.3, -0.25) is 4.79 Å². The van der Waals surface area contributed by atoms with Gasteiger partial charge in [-0.05, 0) is 24.3 Å². The smallest absolute Gasteiger partial charge is 0.238 e. The lowest BCUT2D eigenvalue weighted by atomic mass is 10.3. The van der Waals surface area contributed by atoms with Crippen LogP contribution in [-0.4, -0.2) is 12.5 Å². The molecule has 0 radical (unpaired) electrons. The highest BCUT2D eigenvalue weighted by molar-refractivity contribution is 6.30. The Morgan fingerprint density at radius 1 is 1.42 bits per heavy atom. The van der Waals surface area contributed by atoms with Gasteiger partial charge in [0.25, 0.3) is 0 Å². The van der Waals surface area contributed by atoms with Crippen LogP contribution >= 0.6 is 11.6 Å². The van der Waals surface area contributed by atoms with E-state index in [0.717, 1.165) is 0 Å². The Labute approximate surface area is 75.5 Å². The van der Waals surface area contributed by atoms with Crippen LogP contribution in [0, 0.1) is 0 Å². The van der Waals surface area contributed by atoms with Gasteiger partial charge in [0.15, 0.2) is 0 Å². The fourth-order valence-electron chi connectivity index (χ4n) is 0.745. The molecule has 1 amide bonds. The second-order valence-corrected chi connectivity index (χ2v) is 2.70. The number of nitrogens with two attached hydrogens (primary N) is 1. The monoisotopic (exact) mass is 184 g/mol. The Bertz CT molecular complexity index is 271. The topological polar surface area (TPSA) is 55.1 Å². The maximum atomic E-state index is 10.8. The van der Waals surface area contributed by atoms with Gasteiger partial charge < -0.3 is 11.1 Å². The van der Waals surface area contributed by atoms with Crippen LogP contribution < -0.4 is 11.1 Å². The van der Waals surface area contributed by atoms with Crippen LogP contribution in [0.15, 0.2) is 24.3 Å². The summed E-state index contributed by atoms with van der Waals surface area (Å²) in [6, 6.07) is 6.84. The van der Waals surface area contributed by atoms with Crippen molar-refractivity contribution in [3.63, 3.8) is 0 Å². The summed E-state index contributed by atoms with van der Waals surface area (Å²) >= 11 is 5.64. The lowest BCUT2D eigenvalue weighted by Crippen LogP contribution is -2.21. The molecule has 0 spiro atoms. The summed E-state index contributed by atoms with van der Waals surface area (Å²) < 4.78 is 0. The van der Waals surface area contributed by atoms with Crippen molar-refractivity contribution in [3.05, 3.63) is 29.3 Å². The van der Waals surface area contributed by atoms with Crippen molar-refractivity contribution >= 4 is 23.2 Å². The second-order valence-electron chi connectivity index (χ2n) is 2.26.